The average Bonchev–Trinajstić information content (AvgIpc) is 2.95. The Morgan fingerprint density at radius 3 is 2.42 bits per heavy atom. The van der Waals surface area contributed by atoms with E-state index in [1.54, 1.807) is 12.1 Å². The molecule has 1 aliphatic rings. The molecule has 0 spiro atoms. The monoisotopic (exact) mass is 463 g/mol. The number of carbonyl (C=O) groups excluding carboxylic acids is 2. The zero-order valence-corrected chi connectivity index (χ0v) is 18.7. The molecule has 2 amide bonds. The first-order chi connectivity index (χ1) is 15.8. The molecule has 0 bridgehead atoms. The zero-order valence-electron chi connectivity index (χ0n) is 17.9. The summed E-state index contributed by atoms with van der Waals surface area (Å²) in [5.41, 5.74) is 2.72. The summed E-state index contributed by atoms with van der Waals surface area (Å²) in [6, 6.07) is 20.5. The van der Waals surface area contributed by atoms with Crippen molar-refractivity contribution in [2.45, 2.75) is 11.1 Å². The van der Waals surface area contributed by atoms with Crippen LogP contribution in [-0.4, -0.2) is 45.5 Å². The van der Waals surface area contributed by atoms with E-state index in [0.29, 0.717) is 11.4 Å². The highest BCUT2D eigenvalue weighted by molar-refractivity contribution is 7.90. The number of para-hydroxylation sites is 1. The van der Waals surface area contributed by atoms with E-state index in [1.807, 2.05) is 42.5 Å². The number of benzodiazepines with no additional fused rings is 1. The number of hydrogen-bond donors (Lipinski definition) is 2. The highest BCUT2D eigenvalue weighted by atomic mass is 32.2. The number of carbonyl (C=O) groups is 2. The Morgan fingerprint density at radius 2 is 1.73 bits per heavy atom. The fourth-order valence-electron chi connectivity index (χ4n) is 3.47. The molecule has 3 aromatic carbocycles. The van der Waals surface area contributed by atoms with E-state index in [0.717, 1.165) is 17.4 Å². The van der Waals surface area contributed by atoms with Gasteiger partial charge in [0.15, 0.2) is 9.84 Å². The molecular formula is C24H21N3O5S. The molecule has 33 heavy (non-hydrogen) atoms. The number of sulfone groups is 1. The first-order valence-electron chi connectivity index (χ1n) is 10.0. The Bertz CT molecular complexity index is 1370. The molecule has 3 aromatic rings. The SMILES string of the molecule is COc1cc(S(C)(=O)=O)ccc1C(=O)N[C@H]1N=C(c2ccccc2)c2ccccc2NC1=O. The van der Waals surface area contributed by atoms with Gasteiger partial charge in [0.1, 0.15) is 5.75 Å². The van der Waals surface area contributed by atoms with Gasteiger partial charge >= 0.3 is 0 Å². The third kappa shape index (κ3) is 4.63. The number of nitrogens with zero attached hydrogens (tertiary/aromatic N) is 1. The predicted octanol–water partition coefficient (Wildman–Crippen LogP) is 2.64. The normalized spacial score (nSPS) is 15.5. The number of aliphatic imine (C=N–C) groups is 1. The number of amides is 2. The Labute approximate surface area is 191 Å². The van der Waals surface area contributed by atoms with Gasteiger partial charge in [0.2, 0.25) is 6.17 Å². The largest absolute Gasteiger partial charge is 0.496 e. The summed E-state index contributed by atoms with van der Waals surface area (Å²) >= 11 is 0. The molecule has 0 unspecified atom stereocenters. The van der Waals surface area contributed by atoms with E-state index in [2.05, 4.69) is 15.6 Å². The Hall–Kier alpha value is -3.98. The maximum Gasteiger partial charge on any atom is 0.269 e. The number of methoxy groups -OCH3 is 1. The summed E-state index contributed by atoms with van der Waals surface area (Å²) in [5.74, 6) is -1.07. The van der Waals surface area contributed by atoms with Crippen molar-refractivity contribution in [3.8, 4) is 5.75 Å². The van der Waals surface area contributed by atoms with Crippen molar-refractivity contribution in [3.05, 3.63) is 89.5 Å². The lowest BCUT2D eigenvalue weighted by atomic mass is 10.0. The molecule has 1 atom stereocenters. The number of ether oxygens (including phenoxy) is 1. The minimum absolute atomic E-state index is 0.0166. The van der Waals surface area contributed by atoms with Crippen LogP contribution in [0.1, 0.15) is 21.5 Å². The van der Waals surface area contributed by atoms with Gasteiger partial charge in [-0.1, -0.05) is 48.5 Å². The van der Waals surface area contributed by atoms with Crippen LogP contribution < -0.4 is 15.4 Å². The van der Waals surface area contributed by atoms with Crippen molar-refractivity contribution in [2.75, 3.05) is 18.7 Å². The van der Waals surface area contributed by atoms with Gasteiger partial charge in [-0.05, 0) is 24.3 Å². The predicted molar refractivity (Wildman–Crippen MR) is 125 cm³/mol. The lowest BCUT2D eigenvalue weighted by Crippen LogP contribution is -2.42. The summed E-state index contributed by atoms with van der Waals surface area (Å²) < 4.78 is 28.9. The van der Waals surface area contributed by atoms with Gasteiger partial charge in [-0.3, -0.25) is 9.59 Å². The van der Waals surface area contributed by atoms with Crippen LogP contribution in [0.15, 0.2) is 82.7 Å². The summed E-state index contributed by atoms with van der Waals surface area (Å²) in [6.45, 7) is 0. The lowest BCUT2D eigenvalue weighted by molar-refractivity contribution is -0.117. The van der Waals surface area contributed by atoms with Crippen molar-refractivity contribution in [2.24, 2.45) is 4.99 Å². The molecule has 0 saturated heterocycles. The number of rotatable bonds is 5. The second-order valence-electron chi connectivity index (χ2n) is 7.39. The average molecular weight is 464 g/mol. The fourth-order valence-corrected chi connectivity index (χ4v) is 4.11. The molecular weight excluding hydrogens is 442 g/mol. The number of fused-ring (bicyclic) bond motifs is 1. The Morgan fingerprint density at radius 1 is 1.03 bits per heavy atom. The van der Waals surface area contributed by atoms with Crippen molar-refractivity contribution < 1.29 is 22.7 Å². The van der Waals surface area contributed by atoms with Gasteiger partial charge in [-0.15, -0.1) is 0 Å². The van der Waals surface area contributed by atoms with Gasteiger partial charge in [-0.25, -0.2) is 13.4 Å². The van der Waals surface area contributed by atoms with Crippen molar-refractivity contribution in [1.82, 2.24) is 5.32 Å². The molecule has 1 heterocycles. The van der Waals surface area contributed by atoms with E-state index < -0.39 is 27.8 Å². The molecule has 8 nitrogen and oxygen atoms in total. The van der Waals surface area contributed by atoms with Crippen LogP contribution in [0.4, 0.5) is 5.69 Å². The van der Waals surface area contributed by atoms with E-state index in [9.17, 15) is 18.0 Å². The quantitative estimate of drug-likeness (QED) is 0.604. The van der Waals surface area contributed by atoms with Crippen LogP contribution in [0, 0.1) is 0 Å². The van der Waals surface area contributed by atoms with E-state index in [1.165, 1.54) is 25.3 Å². The molecule has 4 rings (SSSR count). The van der Waals surface area contributed by atoms with Crippen LogP contribution in [0.25, 0.3) is 0 Å². The molecule has 168 valence electrons. The number of hydrogen-bond acceptors (Lipinski definition) is 6. The smallest absolute Gasteiger partial charge is 0.269 e. The number of benzene rings is 3. The van der Waals surface area contributed by atoms with Crippen LogP contribution in [0.2, 0.25) is 0 Å². The first-order valence-corrected chi connectivity index (χ1v) is 11.9. The van der Waals surface area contributed by atoms with E-state index in [-0.39, 0.29) is 16.2 Å². The zero-order chi connectivity index (χ0) is 23.6. The minimum Gasteiger partial charge on any atom is -0.496 e. The molecule has 0 aliphatic carbocycles. The third-order valence-electron chi connectivity index (χ3n) is 5.11. The number of anilines is 1. The Balaban J connectivity index is 1.72. The summed E-state index contributed by atoms with van der Waals surface area (Å²) in [5, 5.41) is 5.43. The minimum atomic E-state index is -3.48. The molecule has 0 aromatic heterocycles. The molecule has 0 saturated carbocycles. The maximum absolute atomic E-state index is 13.0. The summed E-state index contributed by atoms with van der Waals surface area (Å²) in [4.78, 5) is 30.6. The van der Waals surface area contributed by atoms with Crippen LogP contribution in [-0.2, 0) is 14.6 Å². The molecule has 2 N–H and O–H groups in total. The van der Waals surface area contributed by atoms with Gasteiger partial charge in [0, 0.05) is 17.4 Å². The van der Waals surface area contributed by atoms with Crippen LogP contribution in [0.3, 0.4) is 0 Å². The van der Waals surface area contributed by atoms with Gasteiger partial charge < -0.3 is 15.4 Å². The third-order valence-corrected chi connectivity index (χ3v) is 6.22. The molecule has 1 aliphatic heterocycles. The van der Waals surface area contributed by atoms with Crippen molar-refractivity contribution in [3.63, 3.8) is 0 Å². The standard InChI is InChI=1S/C24H21N3O5S/c1-32-20-14-16(33(2,30)31)12-13-18(20)23(28)27-22-24(29)25-19-11-7-6-10-17(19)21(26-22)15-8-4-3-5-9-15/h3-14,22H,1-2H3,(H,25,29)(H,27,28)/t22-/m1/s1. The van der Waals surface area contributed by atoms with Gasteiger partial charge in [0.05, 0.1) is 29.0 Å². The van der Waals surface area contributed by atoms with E-state index >= 15 is 0 Å². The summed E-state index contributed by atoms with van der Waals surface area (Å²) in [6.07, 6.45) is -0.158. The Kier molecular flexibility index (Phi) is 5.97. The van der Waals surface area contributed by atoms with Crippen LogP contribution >= 0.6 is 0 Å². The lowest BCUT2D eigenvalue weighted by Gasteiger charge is -2.15. The highest BCUT2D eigenvalue weighted by Gasteiger charge is 2.28. The van der Waals surface area contributed by atoms with Gasteiger partial charge in [0.25, 0.3) is 11.8 Å². The topological polar surface area (TPSA) is 114 Å². The second kappa shape index (κ2) is 8.87. The maximum atomic E-state index is 13.0. The van der Waals surface area contributed by atoms with Crippen LogP contribution in [0.5, 0.6) is 5.75 Å². The highest BCUT2D eigenvalue weighted by Crippen LogP contribution is 2.25. The van der Waals surface area contributed by atoms with Crippen molar-refractivity contribution >= 4 is 33.1 Å². The molecule has 0 radical (unpaired) electrons. The molecule has 9 heteroatoms. The van der Waals surface area contributed by atoms with Crippen molar-refractivity contribution in [1.29, 1.82) is 0 Å². The van der Waals surface area contributed by atoms with Gasteiger partial charge in [-0.2, -0.15) is 0 Å². The van der Waals surface area contributed by atoms with E-state index in [4.69, 9.17) is 4.74 Å². The number of nitrogens with one attached hydrogen (secondary N) is 2. The fraction of sp³-hybridized carbons (Fsp3) is 0.125. The molecule has 0 fully saturated rings. The second-order valence-corrected chi connectivity index (χ2v) is 9.40. The summed E-state index contributed by atoms with van der Waals surface area (Å²) in [7, 11) is -2.15. The first kappa shape index (κ1) is 22.2.